The molecule has 0 spiro atoms. The van der Waals surface area contributed by atoms with Crippen LogP contribution >= 0.6 is 0 Å². The van der Waals surface area contributed by atoms with Crippen LogP contribution in [0.4, 0.5) is 0 Å². The van der Waals surface area contributed by atoms with Crippen LogP contribution in [0.2, 0.25) is 0 Å². The molecule has 0 fully saturated rings. The summed E-state index contributed by atoms with van der Waals surface area (Å²) in [5.74, 6) is -0.517. The first-order chi connectivity index (χ1) is 10.7. The number of benzene rings is 2. The number of rotatable bonds is 2. The first-order valence-corrected chi connectivity index (χ1v) is 8.75. The molecule has 0 amide bonds. The molecule has 2 aromatic rings. The minimum absolute atomic E-state index is 0.169. The van der Waals surface area contributed by atoms with Gasteiger partial charge >= 0.3 is 5.97 Å². The van der Waals surface area contributed by atoms with Gasteiger partial charge in [0.15, 0.2) is 0 Å². The molecule has 1 aliphatic carbocycles. The van der Waals surface area contributed by atoms with Gasteiger partial charge in [-0.3, -0.25) is 9.00 Å². The quantitative estimate of drug-likeness (QED) is 0.801. The zero-order valence-corrected chi connectivity index (χ0v) is 13.0. The van der Waals surface area contributed by atoms with Gasteiger partial charge in [-0.15, -0.1) is 0 Å². The molecule has 0 saturated carbocycles. The van der Waals surface area contributed by atoms with Crippen molar-refractivity contribution in [3.8, 4) is 0 Å². The van der Waals surface area contributed by atoms with Gasteiger partial charge in [0.25, 0.3) is 0 Å². The first kappa shape index (κ1) is 13.7. The van der Waals surface area contributed by atoms with Crippen molar-refractivity contribution in [2.24, 2.45) is 0 Å². The van der Waals surface area contributed by atoms with Crippen LogP contribution in [0, 0.1) is 0 Å². The molecular weight excluding hydrogens is 296 g/mol. The predicted octanol–water partition coefficient (Wildman–Crippen LogP) is 2.92. The average molecular weight is 312 g/mol. The Morgan fingerprint density at radius 3 is 2.00 bits per heavy atom. The van der Waals surface area contributed by atoms with Crippen molar-refractivity contribution in [3.05, 3.63) is 70.8 Å². The molecule has 3 aliphatic rings. The third-order valence-corrected chi connectivity index (χ3v) is 6.47. The predicted molar refractivity (Wildman–Crippen MR) is 85.1 cm³/mol. The average Bonchev–Trinajstić information content (AvgIpc) is 2.55. The Labute approximate surface area is 131 Å². The van der Waals surface area contributed by atoms with Crippen molar-refractivity contribution in [1.82, 2.24) is 0 Å². The van der Waals surface area contributed by atoms with Crippen LogP contribution in [0.5, 0.6) is 0 Å². The maximum atomic E-state index is 13.0. The van der Waals surface area contributed by atoms with Crippen molar-refractivity contribution < 1.29 is 13.7 Å². The van der Waals surface area contributed by atoms with Gasteiger partial charge in [-0.1, -0.05) is 48.5 Å². The zero-order valence-electron chi connectivity index (χ0n) is 12.2. The summed E-state index contributed by atoms with van der Waals surface area (Å²) in [6.45, 7) is 2.09. The number of fused-ring (bicyclic) bond motifs is 1. The summed E-state index contributed by atoms with van der Waals surface area (Å²) in [6, 6.07) is 16.1. The second kappa shape index (κ2) is 5.06. The van der Waals surface area contributed by atoms with E-state index in [9.17, 15) is 9.00 Å². The van der Waals surface area contributed by atoms with Crippen molar-refractivity contribution in [3.63, 3.8) is 0 Å². The Morgan fingerprint density at radius 2 is 1.50 bits per heavy atom. The molecule has 2 heterocycles. The van der Waals surface area contributed by atoms with Crippen LogP contribution in [0.15, 0.2) is 48.5 Å². The summed E-state index contributed by atoms with van der Waals surface area (Å²) in [7, 11) is -1.29. The number of carbonyl (C=O) groups is 1. The lowest BCUT2D eigenvalue weighted by Crippen LogP contribution is -2.45. The molecule has 5 rings (SSSR count). The van der Waals surface area contributed by atoms with Crippen LogP contribution in [0.3, 0.4) is 0 Å². The highest BCUT2D eigenvalue weighted by Gasteiger charge is 2.51. The highest BCUT2D eigenvalue weighted by molar-refractivity contribution is 7.87. The highest BCUT2D eigenvalue weighted by atomic mass is 32.2. The van der Waals surface area contributed by atoms with Crippen molar-refractivity contribution in [2.75, 3.05) is 6.61 Å². The molecule has 0 saturated heterocycles. The lowest BCUT2D eigenvalue weighted by molar-refractivity contribution is -0.142. The molecule has 3 nitrogen and oxygen atoms in total. The molecule has 112 valence electrons. The monoisotopic (exact) mass is 312 g/mol. The second-order valence-electron chi connectivity index (χ2n) is 5.62. The van der Waals surface area contributed by atoms with Gasteiger partial charge in [0.1, 0.15) is 5.25 Å². The van der Waals surface area contributed by atoms with E-state index in [2.05, 4.69) is 0 Å². The largest absolute Gasteiger partial charge is 0.465 e. The topological polar surface area (TPSA) is 43.4 Å². The fraction of sp³-hybridized carbons (Fsp3) is 0.278. The standard InChI is InChI=1S/C18H16O3S/c1-2-21-18(19)17-15-11-7-3-5-9-13(11)16(22(17)20)14-10-6-4-8-12(14)15/h3-10,15-17H,2H2,1H3. The van der Waals surface area contributed by atoms with Gasteiger partial charge in [-0.05, 0) is 29.2 Å². The van der Waals surface area contributed by atoms with E-state index in [0.29, 0.717) is 6.61 Å². The van der Waals surface area contributed by atoms with Crippen molar-refractivity contribution >= 4 is 16.8 Å². The SMILES string of the molecule is CCOC(=O)C1C2c3ccccc3C(c3ccccc32)S1=O. The van der Waals surface area contributed by atoms with Gasteiger partial charge in [0.2, 0.25) is 0 Å². The Balaban J connectivity index is 1.96. The summed E-state index contributed by atoms with van der Waals surface area (Å²) < 4.78 is 18.2. The molecule has 4 heteroatoms. The van der Waals surface area contributed by atoms with Crippen LogP contribution in [0.25, 0.3) is 0 Å². The fourth-order valence-corrected chi connectivity index (χ4v) is 5.76. The molecule has 2 atom stereocenters. The van der Waals surface area contributed by atoms with Crippen molar-refractivity contribution in [1.29, 1.82) is 0 Å². The molecule has 2 aromatic carbocycles. The zero-order chi connectivity index (χ0) is 15.3. The molecule has 0 radical (unpaired) electrons. The van der Waals surface area contributed by atoms with E-state index < -0.39 is 16.0 Å². The van der Waals surface area contributed by atoms with Gasteiger partial charge in [0.05, 0.1) is 11.9 Å². The molecular formula is C18H16O3S. The summed E-state index contributed by atoms with van der Waals surface area (Å²) in [6.07, 6.45) is 0. The molecule has 0 aromatic heterocycles. The van der Waals surface area contributed by atoms with E-state index in [1.807, 2.05) is 48.5 Å². The summed E-state index contributed by atoms with van der Waals surface area (Å²) >= 11 is 0. The number of hydrogen-bond donors (Lipinski definition) is 0. The van der Waals surface area contributed by atoms with E-state index in [1.54, 1.807) is 6.92 Å². The maximum Gasteiger partial charge on any atom is 0.322 e. The first-order valence-electron chi connectivity index (χ1n) is 7.47. The Kier molecular flexibility index (Phi) is 3.15. The van der Waals surface area contributed by atoms with Gasteiger partial charge in [0, 0.05) is 16.7 Å². The van der Waals surface area contributed by atoms with Crippen molar-refractivity contribution in [2.45, 2.75) is 23.3 Å². The minimum Gasteiger partial charge on any atom is -0.465 e. The number of ether oxygens (including phenoxy) is 1. The summed E-state index contributed by atoms with van der Waals surface area (Å²) in [5, 5.41) is -0.832. The fourth-order valence-electron chi connectivity index (χ4n) is 3.71. The van der Waals surface area contributed by atoms with Gasteiger partial charge < -0.3 is 4.74 Å². The summed E-state index contributed by atoms with van der Waals surface area (Å²) in [5.41, 5.74) is 4.41. The minimum atomic E-state index is -1.29. The maximum absolute atomic E-state index is 13.0. The van der Waals surface area contributed by atoms with E-state index in [-0.39, 0.29) is 17.1 Å². The van der Waals surface area contributed by atoms with Crippen LogP contribution < -0.4 is 0 Å². The van der Waals surface area contributed by atoms with Crippen LogP contribution in [-0.2, 0) is 20.3 Å². The van der Waals surface area contributed by atoms with Gasteiger partial charge in [-0.2, -0.15) is 0 Å². The van der Waals surface area contributed by atoms with E-state index >= 15 is 0 Å². The summed E-state index contributed by atoms with van der Waals surface area (Å²) in [4.78, 5) is 12.4. The number of esters is 1. The van der Waals surface area contributed by atoms with E-state index in [1.165, 1.54) is 0 Å². The van der Waals surface area contributed by atoms with Crippen LogP contribution in [0.1, 0.15) is 40.3 Å². The molecule has 22 heavy (non-hydrogen) atoms. The number of hydrogen-bond acceptors (Lipinski definition) is 3. The molecule has 2 aliphatic heterocycles. The van der Waals surface area contributed by atoms with E-state index in [0.717, 1.165) is 22.3 Å². The Bertz CT molecular complexity index is 736. The normalized spacial score (nSPS) is 27.9. The van der Waals surface area contributed by atoms with Gasteiger partial charge in [-0.25, -0.2) is 0 Å². The third kappa shape index (κ3) is 1.73. The van der Waals surface area contributed by atoms with E-state index in [4.69, 9.17) is 4.74 Å². The molecule has 0 N–H and O–H groups in total. The number of carbonyl (C=O) groups excluding carboxylic acids is 1. The molecule has 2 bridgehead atoms. The Hall–Kier alpha value is -1.94. The third-order valence-electron chi connectivity index (χ3n) is 4.53. The molecule has 2 unspecified atom stereocenters. The second-order valence-corrected chi connectivity index (χ2v) is 7.25. The smallest absolute Gasteiger partial charge is 0.322 e. The Morgan fingerprint density at radius 1 is 1.00 bits per heavy atom. The highest BCUT2D eigenvalue weighted by Crippen LogP contribution is 2.53. The lowest BCUT2D eigenvalue weighted by atomic mass is 9.75. The lowest BCUT2D eigenvalue weighted by Gasteiger charge is -2.43. The van der Waals surface area contributed by atoms with Crippen LogP contribution in [-0.4, -0.2) is 22.0 Å².